The van der Waals surface area contributed by atoms with Crippen LogP contribution in [0.25, 0.3) is 16.8 Å². The van der Waals surface area contributed by atoms with Crippen molar-refractivity contribution in [3.8, 4) is 5.82 Å². The topological polar surface area (TPSA) is 85.8 Å². The van der Waals surface area contributed by atoms with Crippen LogP contribution in [0.4, 0.5) is 5.69 Å². The number of pyridine rings is 1. The summed E-state index contributed by atoms with van der Waals surface area (Å²) in [4.78, 5) is 21.4. The molecule has 3 aromatic heterocycles. The Morgan fingerprint density at radius 1 is 1.16 bits per heavy atom. The predicted molar refractivity (Wildman–Crippen MR) is 121 cm³/mol. The summed E-state index contributed by atoms with van der Waals surface area (Å²) in [6, 6.07) is 11.4. The van der Waals surface area contributed by atoms with Gasteiger partial charge >= 0.3 is 0 Å². The zero-order valence-electron chi connectivity index (χ0n) is 17.0. The Balaban J connectivity index is 1.36. The molecule has 0 bridgehead atoms. The molecule has 1 aromatic carbocycles. The normalized spacial score (nSPS) is 14.7. The molecular formula is C23H23N5O2S. The van der Waals surface area contributed by atoms with E-state index >= 15 is 0 Å². The number of anilines is 1. The molecule has 0 spiro atoms. The maximum Gasteiger partial charge on any atom is 0.291 e. The Kier molecular flexibility index (Phi) is 5.71. The lowest BCUT2D eigenvalue weighted by atomic mass is 10.0. The molecule has 1 aliphatic carbocycles. The minimum Gasteiger partial charge on any atom is -0.451 e. The number of nitrogens with one attached hydrogen (secondary N) is 1. The summed E-state index contributed by atoms with van der Waals surface area (Å²) >= 11 is 1.94. The molecule has 8 heteroatoms. The molecule has 4 aromatic rings. The molecule has 0 unspecified atom stereocenters. The van der Waals surface area contributed by atoms with Crippen LogP contribution in [0.2, 0.25) is 0 Å². The molecule has 5 rings (SSSR count). The molecule has 3 heterocycles. The highest BCUT2D eigenvalue weighted by Gasteiger charge is 2.22. The first kappa shape index (κ1) is 19.8. The van der Waals surface area contributed by atoms with E-state index in [4.69, 9.17) is 4.42 Å². The Morgan fingerprint density at radius 2 is 2.03 bits per heavy atom. The number of para-hydroxylation sites is 1. The molecular weight excluding hydrogens is 410 g/mol. The van der Waals surface area contributed by atoms with Crippen LogP contribution in [0, 0.1) is 0 Å². The van der Waals surface area contributed by atoms with Gasteiger partial charge in [-0.05, 0) is 31.0 Å². The average Bonchev–Trinajstić information content (AvgIpc) is 3.47. The van der Waals surface area contributed by atoms with Gasteiger partial charge in [0.15, 0.2) is 11.6 Å². The van der Waals surface area contributed by atoms with Gasteiger partial charge in [0.2, 0.25) is 0 Å². The van der Waals surface area contributed by atoms with E-state index in [0.717, 1.165) is 22.3 Å². The predicted octanol–water partition coefficient (Wildman–Crippen LogP) is 5.23. The lowest BCUT2D eigenvalue weighted by Crippen LogP contribution is -2.14. The van der Waals surface area contributed by atoms with Gasteiger partial charge in [0, 0.05) is 22.0 Å². The van der Waals surface area contributed by atoms with E-state index in [2.05, 4.69) is 20.4 Å². The minimum absolute atomic E-state index is 0.259. The number of hydrogen-bond donors (Lipinski definition) is 1. The second-order valence-electron chi connectivity index (χ2n) is 7.68. The van der Waals surface area contributed by atoms with Crippen LogP contribution in [-0.2, 0) is 5.75 Å². The molecule has 0 aliphatic heterocycles. The Morgan fingerprint density at radius 3 is 2.81 bits per heavy atom. The van der Waals surface area contributed by atoms with E-state index in [-0.39, 0.29) is 5.91 Å². The van der Waals surface area contributed by atoms with E-state index in [0.29, 0.717) is 22.5 Å². The van der Waals surface area contributed by atoms with Crippen LogP contribution in [0.5, 0.6) is 0 Å². The SMILES string of the molecule is O=C(Nc1ccc(-n2cncn2)nc1)c1oc2ccccc2c1CSC1CCCCC1. The summed E-state index contributed by atoms with van der Waals surface area (Å²) in [6.45, 7) is 0. The lowest BCUT2D eigenvalue weighted by Gasteiger charge is -2.20. The van der Waals surface area contributed by atoms with Gasteiger partial charge in [-0.2, -0.15) is 16.9 Å². The number of carbonyl (C=O) groups excluding carboxylic acids is 1. The van der Waals surface area contributed by atoms with Gasteiger partial charge in [-0.15, -0.1) is 0 Å². The number of furan rings is 1. The van der Waals surface area contributed by atoms with Crippen molar-refractivity contribution in [2.24, 2.45) is 0 Å². The fraction of sp³-hybridized carbons (Fsp3) is 0.304. The van der Waals surface area contributed by atoms with Crippen LogP contribution in [0.15, 0.2) is 59.7 Å². The van der Waals surface area contributed by atoms with Crippen molar-refractivity contribution in [1.82, 2.24) is 19.7 Å². The molecule has 31 heavy (non-hydrogen) atoms. The molecule has 1 fully saturated rings. The third-order valence-corrected chi connectivity index (χ3v) is 6.98. The van der Waals surface area contributed by atoms with Crippen molar-refractivity contribution in [1.29, 1.82) is 0 Å². The lowest BCUT2D eigenvalue weighted by molar-refractivity contribution is 0.0997. The third kappa shape index (κ3) is 4.34. The molecule has 7 nitrogen and oxygen atoms in total. The number of thioether (sulfide) groups is 1. The van der Waals surface area contributed by atoms with Gasteiger partial charge in [0.25, 0.3) is 5.91 Å². The highest BCUT2D eigenvalue weighted by molar-refractivity contribution is 7.99. The van der Waals surface area contributed by atoms with Gasteiger partial charge in [0.1, 0.15) is 18.2 Å². The number of amides is 1. The highest BCUT2D eigenvalue weighted by Crippen LogP contribution is 2.35. The molecule has 1 amide bonds. The number of carbonyl (C=O) groups is 1. The second-order valence-corrected chi connectivity index (χ2v) is 8.96. The van der Waals surface area contributed by atoms with E-state index in [1.54, 1.807) is 29.3 Å². The van der Waals surface area contributed by atoms with Crippen LogP contribution in [0.3, 0.4) is 0 Å². The number of fused-ring (bicyclic) bond motifs is 1. The summed E-state index contributed by atoms with van der Waals surface area (Å²) in [7, 11) is 0. The highest BCUT2D eigenvalue weighted by atomic mass is 32.2. The molecule has 0 atom stereocenters. The van der Waals surface area contributed by atoms with Crippen molar-refractivity contribution < 1.29 is 9.21 Å². The zero-order chi connectivity index (χ0) is 21.0. The van der Waals surface area contributed by atoms with Crippen molar-refractivity contribution in [2.45, 2.75) is 43.1 Å². The Hall–Kier alpha value is -3.13. The van der Waals surface area contributed by atoms with Gasteiger partial charge in [-0.25, -0.2) is 14.6 Å². The maximum atomic E-state index is 13.1. The van der Waals surface area contributed by atoms with Crippen molar-refractivity contribution in [2.75, 3.05) is 5.32 Å². The molecule has 1 aliphatic rings. The average molecular weight is 434 g/mol. The summed E-state index contributed by atoms with van der Waals surface area (Å²) in [5, 5.41) is 8.65. The van der Waals surface area contributed by atoms with Crippen molar-refractivity contribution >= 4 is 34.3 Å². The fourth-order valence-electron chi connectivity index (χ4n) is 3.97. The minimum atomic E-state index is -0.259. The van der Waals surface area contributed by atoms with Gasteiger partial charge in [-0.3, -0.25) is 4.79 Å². The third-order valence-electron chi connectivity index (χ3n) is 5.58. The number of nitrogens with zero attached hydrogens (tertiary/aromatic N) is 4. The summed E-state index contributed by atoms with van der Waals surface area (Å²) < 4.78 is 7.55. The number of rotatable bonds is 6. The molecule has 0 saturated heterocycles. The van der Waals surface area contributed by atoms with Crippen molar-refractivity contribution in [3.05, 3.63) is 66.6 Å². The summed E-state index contributed by atoms with van der Waals surface area (Å²) in [5.74, 6) is 1.52. The first-order valence-corrected chi connectivity index (χ1v) is 11.6. The van der Waals surface area contributed by atoms with Gasteiger partial charge in [-0.1, -0.05) is 37.5 Å². The zero-order valence-corrected chi connectivity index (χ0v) is 17.8. The molecule has 0 radical (unpaired) electrons. The Labute approximate surface area is 184 Å². The van der Waals surface area contributed by atoms with Crippen LogP contribution in [0.1, 0.15) is 48.2 Å². The first-order chi connectivity index (χ1) is 15.3. The van der Waals surface area contributed by atoms with Crippen LogP contribution in [-0.4, -0.2) is 30.9 Å². The monoisotopic (exact) mass is 433 g/mol. The van der Waals surface area contributed by atoms with E-state index in [1.165, 1.54) is 38.4 Å². The smallest absolute Gasteiger partial charge is 0.291 e. The van der Waals surface area contributed by atoms with E-state index < -0.39 is 0 Å². The quantitative estimate of drug-likeness (QED) is 0.448. The molecule has 158 valence electrons. The van der Waals surface area contributed by atoms with E-state index in [1.807, 2.05) is 36.0 Å². The first-order valence-electron chi connectivity index (χ1n) is 10.5. The number of benzene rings is 1. The van der Waals surface area contributed by atoms with Crippen LogP contribution < -0.4 is 5.32 Å². The van der Waals surface area contributed by atoms with E-state index in [9.17, 15) is 4.79 Å². The largest absolute Gasteiger partial charge is 0.451 e. The molecule has 1 saturated carbocycles. The number of hydrogen-bond acceptors (Lipinski definition) is 6. The number of aromatic nitrogens is 4. The summed E-state index contributed by atoms with van der Waals surface area (Å²) in [6.07, 6.45) is 11.1. The van der Waals surface area contributed by atoms with Gasteiger partial charge in [0.05, 0.1) is 11.9 Å². The standard InChI is InChI=1S/C23H23N5O2S/c29-23(27-16-10-11-21(25-12-16)28-15-24-14-26-28)22-19(13-31-17-6-2-1-3-7-17)18-8-4-5-9-20(18)30-22/h4-5,8-12,14-15,17H,1-3,6-7,13H2,(H,27,29). The summed E-state index contributed by atoms with van der Waals surface area (Å²) in [5.41, 5.74) is 2.31. The Bertz CT molecular complexity index is 1160. The second kappa shape index (κ2) is 8.93. The molecule has 1 N–H and O–H groups in total. The fourth-order valence-corrected chi connectivity index (χ4v) is 5.32. The van der Waals surface area contributed by atoms with Gasteiger partial charge < -0.3 is 9.73 Å². The maximum absolute atomic E-state index is 13.1. The van der Waals surface area contributed by atoms with Crippen LogP contribution >= 0.6 is 11.8 Å². The van der Waals surface area contributed by atoms with Crippen molar-refractivity contribution in [3.63, 3.8) is 0 Å².